The first-order valence-electron chi connectivity index (χ1n) is 6.37. The van der Waals surface area contributed by atoms with E-state index in [9.17, 15) is 4.79 Å². The third-order valence-electron chi connectivity index (χ3n) is 2.98. The number of carbonyl (C=O) groups is 1. The van der Waals surface area contributed by atoms with Crippen LogP contribution in [0.5, 0.6) is 0 Å². The predicted octanol–water partition coefficient (Wildman–Crippen LogP) is 2.58. The summed E-state index contributed by atoms with van der Waals surface area (Å²) in [6.45, 7) is 4.50. The lowest BCUT2D eigenvalue weighted by Crippen LogP contribution is -2.24. The van der Waals surface area contributed by atoms with Crippen LogP contribution < -0.4 is 15.8 Å². The maximum atomic E-state index is 11.8. The molecule has 0 saturated heterocycles. The van der Waals surface area contributed by atoms with E-state index >= 15 is 0 Å². The summed E-state index contributed by atoms with van der Waals surface area (Å²) in [6.07, 6.45) is 1.78. The van der Waals surface area contributed by atoms with Crippen LogP contribution in [0.25, 0.3) is 10.9 Å². The monoisotopic (exact) mass is 290 g/mol. The Morgan fingerprint density at radius 1 is 1.45 bits per heavy atom. The highest BCUT2D eigenvalue weighted by atomic mass is 32.2. The molecule has 4 N–H and O–H groups in total. The van der Waals surface area contributed by atoms with Crippen LogP contribution in [0.15, 0.2) is 24.4 Å². The Morgan fingerprint density at radius 2 is 2.25 bits per heavy atom. The van der Waals surface area contributed by atoms with Crippen LogP contribution in [0.4, 0.5) is 10.5 Å². The number of rotatable bonds is 4. The zero-order valence-electron chi connectivity index (χ0n) is 11.6. The van der Waals surface area contributed by atoms with E-state index in [0.29, 0.717) is 12.3 Å². The highest BCUT2D eigenvalue weighted by Crippen LogP contribution is 2.27. The van der Waals surface area contributed by atoms with Crippen molar-refractivity contribution >= 4 is 34.6 Å². The van der Waals surface area contributed by atoms with Crippen LogP contribution in [0.1, 0.15) is 11.1 Å². The highest BCUT2D eigenvalue weighted by molar-refractivity contribution is 7.97. The van der Waals surface area contributed by atoms with Crippen LogP contribution in [-0.4, -0.2) is 23.3 Å². The van der Waals surface area contributed by atoms with Gasteiger partial charge in [0.05, 0.1) is 5.52 Å². The van der Waals surface area contributed by atoms with Gasteiger partial charge in [-0.1, -0.05) is 6.07 Å². The number of nitrogens with zero attached hydrogens (tertiary/aromatic N) is 1. The molecule has 0 aliphatic carbocycles. The second-order valence-electron chi connectivity index (χ2n) is 4.46. The minimum absolute atomic E-state index is 0.241. The maximum Gasteiger partial charge on any atom is 0.329 e. The van der Waals surface area contributed by atoms with Gasteiger partial charge in [0.25, 0.3) is 0 Å². The minimum atomic E-state index is -0.241. The Hall–Kier alpha value is -1.79. The average Bonchev–Trinajstić information content (AvgIpc) is 2.45. The van der Waals surface area contributed by atoms with Crippen molar-refractivity contribution in [1.29, 1.82) is 0 Å². The molecule has 1 aromatic carbocycles. The summed E-state index contributed by atoms with van der Waals surface area (Å²) in [4.78, 5) is 16.2. The molecule has 2 amide bonds. The Balaban J connectivity index is 2.22. The fourth-order valence-electron chi connectivity index (χ4n) is 2.01. The van der Waals surface area contributed by atoms with Crippen molar-refractivity contribution in [3.63, 3.8) is 0 Å². The number of fused-ring (bicyclic) bond motifs is 1. The van der Waals surface area contributed by atoms with Gasteiger partial charge in [0.2, 0.25) is 0 Å². The largest absolute Gasteiger partial charge is 0.330 e. The van der Waals surface area contributed by atoms with Gasteiger partial charge in [-0.2, -0.15) is 0 Å². The van der Waals surface area contributed by atoms with Gasteiger partial charge in [0, 0.05) is 29.6 Å². The Labute approximate surface area is 122 Å². The third kappa shape index (κ3) is 3.20. The van der Waals surface area contributed by atoms with Gasteiger partial charge in [0.15, 0.2) is 0 Å². The smallest absolute Gasteiger partial charge is 0.329 e. The lowest BCUT2D eigenvalue weighted by molar-refractivity contribution is 0.257. The van der Waals surface area contributed by atoms with Crippen molar-refractivity contribution in [2.75, 3.05) is 17.6 Å². The molecule has 5 nitrogen and oxygen atoms in total. The summed E-state index contributed by atoms with van der Waals surface area (Å²) in [5.74, 6) is 0.688. The van der Waals surface area contributed by atoms with E-state index in [0.717, 1.165) is 27.7 Å². The topological polar surface area (TPSA) is 80.0 Å². The Morgan fingerprint density at radius 3 is 3.00 bits per heavy atom. The zero-order valence-corrected chi connectivity index (χ0v) is 12.4. The van der Waals surface area contributed by atoms with Crippen LogP contribution in [-0.2, 0) is 0 Å². The number of nitrogens with one attached hydrogen (secondary N) is 2. The van der Waals surface area contributed by atoms with E-state index in [1.165, 1.54) is 11.9 Å². The van der Waals surface area contributed by atoms with Gasteiger partial charge in [0.1, 0.15) is 0 Å². The number of hydrogen-bond donors (Lipinski definition) is 3. The van der Waals surface area contributed by atoms with Gasteiger partial charge in [-0.05, 0) is 49.1 Å². The molecular formula is C14H18N4OS. The van der Waals surface area contributed by atoms with E-state index in [1.807, 2.05) is 32.0 Å². The normalized spacial score (nSPS) is 10.6. The van der Waals surface area contributed by atoms with Crippen molar-refractivity contribution in [2.24, 2.45) is 5.73 Å². The van der Waals surface area contributed by atoms with Crippen LogP contribution in [0.3, 0.4) is 0 Å². The summed E-state index contributed by atoms with van der Waals surface area (Å²) < 4.78 is 2.70. The summed E-state index contributed by atoms with van der Waals surface area (Å²) in [6, 6.07) is 5.61. The van der Waals surface area contributed by atoms with Crippen molar-refractivity contribution in [1.82, 2.24) is 9.71 Å². The lowest BCUT2D eigenvalue weighted by atomic mass is 10.0. The van der Waals surface area contributed by atoms with Crippen molar-refractivity contribution in [3.05, 3.63) is 35.5 Å². The minimum Gasteiger partial charge on any atom is -0.330 e. The Kier molecular flexibility index (Phi) is 4.81. The summed E-state index contributed by atoms with van der Waals surface area (Å²) in [7, 11) is 0. The van der Waals surface area contributed by atoms with Crippen molar-refractivity contribution < 1.29 is 4.79 Å². The molecule has 1 heterocycles. The molecule has 0 saturated carbocycles. The first-order valence-corrected chi connectivity index (χ1v) is 7.36. The molecule has 0 aliphatic rings. The molecule has 20 heavy (non-hydrogen) atoms. The molecule has 2 rings (SSSR count). The number of hydrogen-bond acceptors (Lipinski definition) is 4. The van der Waals surface area contributed by atoms with Gasteiger partial charge in [-0.3, -0.25) is 9.71 Å². The molecule has 0 unspecified atom stereocenters. The van der Waals surface area contributed by atoms with Crippen LogP contribution in [0, 0.1) is 13.8 Å². The predicted molar refractivity (Wildman–Crippen MR) is 84.9 cm³/mol. The average molecular weight is 290 g/mol. The quantitative estimate of drug-likeness (QED) is 0.597. The van der Waals surface area contributed by atoms with E-state index in [4.69, 9.17) is 5.73 Å². The molecule has 0 aliphatic heterocycles. The molecule has 0 bridgehead atoms. The molecule has 0 fully saturated rings. The number of aromatic nitrogens is 1. The number of pyridine rings is 1. The van der Waals surface area contributed by atoms with Crippen molar-refractivity contribution in [2.45, 2.75) is 13.8 Å². The third-order valence-corrected chi connectivity index (χ3v) is 3.75. The molecule has 6 heteroatoms. The van der Waals surface area contributed by atoms with Crippen molar-refractivity contribution in [3.8, 4) is 0 Å². The van der Waals surface area contributed by atoms with Gasteiger partial charge in [-0.15, -0.1) is 0 Å². The Bertz CT molecular complexity index is 630. The fraction of sp³-hybridized carbons (Fsp3) is 0.286. The summed E-state index contributed by atoms with van der Waals surface area (Å²) in [5.41, 5.74) is 9.19. The SMILES string of the molecule is Cc1c(NC(=O)NSCCN)cc(C)c2ncccc12. The van der Waals surface area contributed by atoms with Crippen LogP contribution >= 0.6 is 11.9 Å². The maximum absolute atomic E-state index is 11.8. The number of amides is 2. The van der Waals surface area contributed by atoms with E-state index in [2.05, 4.69) is 15.0 Å². The number of urea groups is 1. The summed E-state index contributed by atoms with van der Waals surface area (Å²) >= 11 is 1.29. The van der Waals surface area contributed by atoms with Crippen LogP contribution in [0.2, 0.25) is 0 Å². The molecule has 0 radical (unpaired) electrons. The highest BCUT2D eigenvalue weighted by Gasteiger charge is 2.09. The summed E-state index contributed by atoms with van der Waals surface area (Å²) in [5, 5.41) is 3.92. The zero-order chi connectivity index (χ0) is 14.5. The first kappa shape index (κ1) is 14.6. The number of carbonyl (C=O) groups excluding carboxylic acids is 1. The number of nitrogens with two attached hydrogens (primary N) is 1. The molecule has 106 valence electrons. The molecular weight excluding hydrogens is 272 g/mol. The number of anilines is 1. The molecule has 0 spiro atoms. The second-order valence-corrected chi connectivity index (χ2v) is 5.36. The lowest BCUT2D eigenvalue weighted by Gasteiger charge is -2.13. The standard InChI is InChI=1S/C14H18N4OS/c1-9-8-12(17-14(19)18-20-7-5-15)10(2)11-4-3-6-16-13(9)11/h3-4,6,8H,5,7,15H2,1-2H3,(H2,17,18,19). The molecule has 2 aromatic rings. The molecule has 0 atom stereocenters. The van der Waals surface area contributed by atoms with Gasteiger partial charge < -0.3 is 11.1 Å². The molecule has 1 aromatic heterocycles. The number of benzene rings is 1. The van der Waals surface area contributed by atoms with Gasteiger partial charge >= 0.3 is 6.03 Å². The van der Waals surface area contributed by atoms with E-state index in [1.54, 1.807) is 6.20 Å². The second kappa shape index (κ2) is 6.58. The van der Waals surface area contributed by atoms with E-state index in [-0.39, 0.29) is 6.03 Å². The fourth-order valence-corrected chi connectivity index (χ4v) is 2.42. The number of aryl methyl sites for hydroxylation is 2. The van der Waals surface area contributed by atoms with E-state index < -0.39 is 0 Å². The van der Waals surface area contributed by atoms with Gasteiger partial charge in [-0.25, -0.2) is 4.79 Å². The first-order chi connectivity index (χ1) is 9.63.